The van der Waals surface area contributed by atoms with Gasteiger partial charge in [-0.3, -0.25) is 4.79 Å². The van der Waals surface area contributed by atoms with Crippen LogP contribution in [-0.2, 0) is 11.2 Å². The van der Waals surface area contributed by atoms with Crippen molar-refractivity contribution in [1.82, 2.24) is 15.3 Å². The first-order valence-electron chi connectivity index (χ1n) is 10.2. The van der Waals surface area contributed by atoms with Gasteiger partial charge in [0.25, 0.3) is 0 Å². The quantitative estimate of drug-likeness (QED) is 0.543. The number of nitrogens with zero attached hydrogens (tertiary/aromatic N) is 3. The summed E-state index contributed by atoms with van der Waals surface area (Å²) in [6.45, 7) is 7.47. The highest BCUT2D eigenvalue weighted by Gasteiger charge is 2.12. The number of ketones is 1. The van der Waals surface area contributed by atoms with E-state index in [-0.39, 0.29) is 5.78 Å². The molecule has 0 saturated carbocycles. The lowest BCUT2D eigenvalue weighted by Crippen LogP contribution is -2.43. The van der Waals surface area contributed by atoms with Gasteiger partial charge >= 0.3 is 0 Å². The molecule has 1 aliphatic heterocycles. The molecule has 1 saturated heterocycles. The molecule has 0 atom stereocenters. The Kier molecular flexibility index (Phi) is 6.60. The van der Waals surface area contributed by atoms with Gasteiger partial charge in [0, 0.05) is 49.5 Å². The Morgan fingerprint density at radius 1 is 1.19 bits per heavy atom. The van der Waals surface area contributed by atoms with E-state index >= 15 is 0 Å². The molecule has 2 N–H and O–H groups in total. The van der Waals surface area contributed by atoms with Crippen molar-refractivity contribution in [3.63, 3.8) is 0 Å². The van der Waals surface area contributed by atoms with Crippen LogP contribution in [0.25, 0.3) is 11.3 Å². The summed E-state index contributed by atoms with van der Waals surface area (Å²) in [7, 11) is 0. The highest BCUT2D eigenvalue weighted by Crippen LogP contribution is 2.28. The SMILES string of the molecule is C=CC(=O)Cc1cccc(-c2nc(Nc3cccc(N4CCNCC4)c3)ncc2Cl)c1. The molecule has 2 aromatic carbocycles. The van der Waals surface area contributed by atoms with Crippen molar-refractivity contribution in [2.75, 3.05) is 36.4 Å². The number of halogens is 1. The number of allylic oxidation sites excluding steroid dienone is 1. The minimum Gasteiger partial charge on any atom is -0.369 e. The van der Waals surface area contributed by atoms with Crippen LogP contribution in [0.3, 0.4) is 0 Å². The summed E-state index contributed by atoms with van der Waals surface area (Å²) in [6, 6.07) is 15.9. The fraction of sp³-hybridized carbons (Fsp3) is 0.208. The lowest BCUT2D eigenvalue weighted by atomic mass is 10.0. The molecule has 0 radical (unpaired) electrons. The molecule has 0 aliphatic carbocycles. The summed E-state index contributed by atoms with van der Waals surface area (Å²) in [5.41, 5.74) is 4.41. The number of nitrogens with one attached hydrogen (secondary N) is 2. The Labute approximate surface area is 187 Å². The highest BCUT2D eigenvalue weighted by atomic mass is 35.5. The Balaban J connectivity index is 1.57. The average Bonchev–Trinajstić information content (AvgIpc) is 2.81. The number of piperazine rings is 1. The standard InChI is InChI=1S/C24H24ClN5O/c1-2-21(31)14-17-5-3-6-18(13-17)23-22(25)16-27-24(29-23)28-19-7-4-8-20(15-19)30-11-9-26-10-12-30/h2-8,13,15-16,26H,1,9-12,14H2,(H,27,28,29). The van der Waals surface area contributed by atoms with Crippen molar-refractivity contribution < 1.29 is 4.79 Å². The molecule has 0 amide bonds. The van der Waals surface area contributed by atoms with Crippen molar-refractivity contribution in [2.45, 2.75) is 6.42 Å². The van der Waals surface area contributed by atoms with E-state index in [9.17, 15) is 4.79 Å². The Morgan fingerprint density at radius 2 is 2.00 bits per heavy atom. The molecule has 6 nitrogen and oxygen atoms in total. The fourth-order valence-electron chi connectivity index (χ4n) is 3.56. The first kappa shape index (κ1) is 21.0. The van der Waals surface area contributed by atoms with E-state index in [2.05, 4.69) is 44.2 Å². The second-order valence-electron chi connectivity index (χ2n) is 7.35. The van der Waals surface area contributed by atoms with Gasteiger partial charge in [-0.2, -0.15) is 0 Å². The minimum atomic E-state index is -0.0299. The van der Waals surface area contributed by atoms with Gasteiger partial charge in [-0.1, -0.05) is 42.4 Å². The lowest BCUT2D eigenvalue weighted by molar-refractivity contribution is -0.114. The molecule has 1 aliphatic rings. The molecule has 158 valence electrons. The summed E-state index contributed by atoms with van der Waals surface area (Å²) in [5.74, 6) is 0.432. The molecule has 1 aromatic heterocycles. The molecule has 1 fully saturated rings. The summed E-state index contributed by atoms with van der Waals surface area (Å²) < 4.78 is 0. The van der Waals surface area contributed by atoms with Crippen molar-refractivity contribution >= 4 is 34.7 Å². The number of hydrogen-bond donors (Lipinski definition) is 2. The molecule has 7 heteroatoms. The van der Waals surface area contributed by atoms with E-state index in [0.717, 1.165) is 43.0 Å². The van der Waals surface area contributed by atoms with Crippen molar-refractivity contribution in [1.29, 1.82) is 0 Å². The maximum absolute atomic E-state index is 11.7. The predicted octanol–water partition coefficient (Wildman–Crippen LogP) is 4.25. The van der Waals surface area contributed by atoms with Crippen LogP contribution in [0.1, 0.15) is 5.56 Å². The Morgan fingerprint density at radius 3 is 2.81 bits per heavy atom. The Bertz CT molecular complexity index is 1090. The van der Waals surface area contributed by atoms with Gasteiger partial charge in [-0.05, 0) is 35.9 Å². The molecular weight excluding hydrogens is 410 g/mol. The third-order valence-corrected chi connectivity index (χ3v) is 5.41. The molecular formula is C24H24ClN5O. The number of carbonyl (C=O) groups is 1. The maximum Gasteiger partial charge on any atom is 0.227 e. The number of anilines is 3. The van der Waals surface area contributed by atoms with Crippen LogP contribution in [0.15, 0.2) is 67.4 Å². The Hall–Kier alpha value is -3.22. The number of benzene rings is 2. The normalized spacial score (nSPS) is 13.6. The number of hydrogen-bond acceptors (Lipinski definition) is 6. The third-order valence-electron chi connectivity index (χ3n) is 5.13. The zero-order chi connectivity index (χ0) is 21.6. The zero-order valence-electron chi connectivity index (χ0n) is 17.1. The molecule has 4 rings (SSSR count). The lowest BCUT2D eigenvalue weighted by Gasteiger charge is -2.29. The van der Waals surface area contributed by atoms with Gasteiger partial charge in [-0.25, -0.2) is 9.97 Å². The third kappa shape index (κ3) is 5.29. The van der Waals surface area contributed by atoms with Crippen LogP contribution < -0.4 is 15.5 Å². The molecule has 0 unspecified atom stereocenters. The maximum atomic E-state index is 11.7. The van der Waals surface area contributed by atoms with Gasteiger partial charge in [0.2, 0.25) is 5.95 Å². The first-order valence-corrected chi connectivity index (χ1v) is 10.6. The van der Waals surface area contributed by atoms with E-state index in [1.54, 1.807) is 6.20 Å². The number of carbonyl (C=O) groups excluding carboxylic acids is 1. The van der Waals surface area contributed by atoms with E-state index in [1.165, 1.54) is 11.8 Å². The largest absolute Gasteiger partial charge is 0.369 e. The topological polar surface area (TPSA) is 70.2 Å². The smallest absolute Gasteiger partial charge is 0.227 e. The van der Waals surface area contributed by atoms with Crippen LogP contribution >= 0.6 is 11.6 Å². The first-order chi connectivity index (χ1) is 15.1. The van der Waals surface area contributed by atoms with Gasteiger partial charge in [0.15, 0.2) is 5.78 Å². The number of rotatable bonds is 7. The second kappa shape index (κ2) is 9.73. The molecule has 31 heavy (non-hydrogen) atoms. The van der Waals surface area contributed by atoms with Crippen molar-refractivity contribution in [2.24, 2.45) is 0 Å². The van der Waals surface area contributed by atoms with E-state index in [1.807, 2.05) is 36.4 Å². The van der Waals surface area contributed by atoms with E-state index in [4.69, 9.17) is 11.6 Å². The molecule has 2 heterocycles. The van der Waals surface area contributed by atoms with Crippen LogP contribution in [0, 0.1) is 0 Å². The van der Waals surface area contributed by atoms with Gasteiger partial charge < -0.3 is 15.5 Å². The van der Waals surface area contributed by atoms with Crippen molar-refractivity contribution in [3.05, 3.63) is 78.0 Å². The molecule has 0 spiro atoms. The predicted molar refractivity (Wildman–Crippen MR) is 126 cm³/mol. The summed E-state index contributed by atoms with van der Waals surface area (Å²) in [4.78, 5) is 23.0. The van der Waals surface area contributed by atoms with E-state index in [0.29, 0.717) is 23.1 Å². The van der Waals surface area contributed by atoms with E-state index < -0.39 is 0 Å². The monoisotopic (exact) mass is 433 g/mol. The molecule has 3 aromatic rings. The van der Waals surface area contributed by atoms with Gasteiger partial charge in [0.05, 0.1) is 16.9 Å². The van der Waals surface area contributed by atoms with Gasteiger partial charge in [0.1, 0.15) is 0 Å². The van der Waals surface area contributed by atoms with Crippen LogP contribution in [-0.4, -0.2) is 41.9 Å². The zero-order valence-corrected chi connectivity index (χ0v) is 17.9. The average molecular weight is 434 g/mol. The van der Waals surface area contributed by atoms with Gasteiger partial charge in [-0.15, -0.1) is 0 Å². The molecule has 0 bridgehead atoms. The summed E-state index contributed by atoms with van der Waals surface area (Å²) in [5, 5.41) is 7.11. The summed E-state index contributed by atoms with van der Waals surface area (Å²) >= 11 is 6.40. The van der Waals surface area contributed by atoms with Crippen LogP contribution in [0.4, 0.5) is 17.3 Å². The minimum absolute atomic E-state index is 0.0299. The number of aromatic nitrogens is 2. The second-order valence-corrected chi connectivity index (χ2v) is 7.76. The highest BCUT2D eigenvalue weighted by molar-refractivity contribution is 6.32. The fourth-order valence-corrected chi connectivity index (χ4v) is 3.76. The van der Waals surface area contributed by atoms with Crippen molar-refractivity contribution in [3.8, 4) is 11.3 Å². The summed E-state index contributed by atoms with van der Waals surface area (Å²) in [6.07, 6.45) is 3.22. The van der Waals surface area contributed by atoms with Crippen LogP contribution in [0.5, 0.6) is 0 Å². The van der Waals surface area contributed by atoms with Crippen LogP contribution in [0.2, 0.25) is 5.02 Å².